The first-order valence-electron chi connectivity index (χ1n) is 7.88. The van der Waals surface area contributed by atoms with Crippen molar-refractivity contribution in [2.75, 3.05) is 26.2 Å². The van der Waals surface area contributed by atoms with Crippen molar-refractivity contribution in [3.8, 4) is 0 Å². The minimum absolute atomic E-state index is 0.0704. The number of carbonyl (C=O) groups is 1. The normalized spacial score (nSPS) is 16.5. The summed E-state index contributed by atoms with van der Waals surface area (Å²) < 4.78 is 1.46. The van der Waals surface area contributed by atoms with Crippen molar-refractivity contribution in [3.05, 3.63) is 22.4 Å². The first-order chi connectivity index (χ1) is 11.2. The fourth-order valence-electron chi connectivity index (χ4n) is 2.68. The Morgan fingerprint density at radius 1 is 1.30 bits per heavy atom. The molecule has 9 heteroatoms. The molecule has 3 heterocycles. The van der Waals surface area contributed by atoms with Gasteiger partial charge < -0.3 is 4.90 Å². The summed E-state index contributed by atoms with van der Waals surface area (Å²) in [6, 6.07) is 0. The van der Waals surface area contributed by atoms with Crippen LogP contribution in [0, 0.1) is 0 Å². The molecule has 1 fully saturated rings. The Balaban J connectivity index is 1.51. The van der Waals surface area contributed by atoms with Crippen molar-refractivity contribution in [2.45, 2.75) is 32.9 Å². The molecule has 124 valence electrons. The van der Waals surface area contributed by atoms with Crippen LogP contribution < -0.4 is 0 Å². The molecule has 1 aliphatic rings. The number of thiazole rings is 1. The van der Waals surface area contributed by atoms with E-state index in [0.29, 0.717) is 0 Å². The van der Waals surface area contributed by atoms with Crippen molar-refractivity contribution in [2.24, 2.45) is 0 Å². The van der Waals surface area contributed by atoms with Crippen LogP contribution in [0.5, 0.6) is 0 Å². The standard InChI is InChI=1S/C14H21N7OS/c1-2-13-16-12(10-23-13)8-19-4-3-5-20(7-6-19)14(22)9-21-11-15-17-18-21/h10-11H,2-9H2,1H3. The monoisotopic (exact) mass is 335 g/mol. The molecule has 0 atom stereocenters. The van der Waals surface area contributed by atoms with Crippen molar-refractivity contribution >= 4 is 17.2 Å². The number of aryl methyl sites for hydroxylation is 1. The third-order valence-electron chi connectivity index (χ3n) is 3.92. The molecular formula is C14H21N7OS. The average molecular weight is 335 g/mol. The van der Waals surface area contributed by atoms with Gasteiger partial charge in [0.05, 0.1) is 10.7 Å². The van der Waals surface area contributed by atoms with Crippen molar-refractivity contribution in [1.82, 2.24) is 35.0 Å². The fourth-order valence-corrected chi connectivity index (χ4v) is 3.42. The summed E-state index contributed by atoms with van der Waals surface area (Å²) >= 11 is 1.73. The second-order valence-corrected chi connectivity index (χ2v) is 6.55. The summed E-state index contributed by atoms with van der Waals surface area (Å²) in [5, 5.41) is 14.2. The van der Waals surface area contributed by atoms with E-state index in [1.165, 1.54) is 16.0 Å². The highest BCUT2D eigenvalue weighted by molar-refractivity contribution is 7.09. The summed E-state index contributed by atoms with van der Waals surface area (Å²) in [6.45, 7) is 6.60. The molecule has 0 aromatic carbocycles. The lowest BCUT2D eigenvalue weighted by atomic mass is 10.3. The highest BCUT2D eigenvalue weighted by atomic mass is 32.1. The van der Waals surface area contributed by atoms with Gasteiger partial charge in [0.25, 0.3) is 0 Å². The number of rotatable bonds is 5. The van der Waals surface area contributed by atoms with E-state index in [1.54, 1.807) is 11.3 Å². The number of aromatic nitrogens is 5. The topological polar surface area (TPSA) is 80.0 Å². The quantitative estimate of drug-likeness (QED) is 0.788. The summed E-state index contributed by atoms with van der Waals surface area (Å²) in [5.41, 5.74) is 1.14. The number of nitrogens with zero attached hydrogens (tertiary/aromatic N) is 7. The SMILES string of the molecule is CCc1nc(CN2CCCN(C(=O)Cn3cnnn3)CC2)cs1. The van der Waals surface area contributed by atoms with Crippen LogP contribution in [-0.2, 0) is 24.3 Å². The van der Waals surface area contributed by atoms with Crippen LogP contribution in [-0.4, -0.2) is 67.1 Å². The van der Waals surface area contributed by atoms with Crippen molar-refractivity contribution < 1.29 is 4.79 Å². The van der Waals surface area contributed by atoms with Gasteiger partial charge in [-0.1, -0.05) is 6.92 Å². The highest BCUT2D eigenvalue weighted by Crippen LogP contribution is 2.14. The van der Waals surface area contributed by atoms with Crippen LogP contribution in [0.4, 0.5) is 0 Å². The van der Waals surface area contributed by atoms with Crippen LogP contribution in [0.3, 0.4) is 0 Å². The molecule has 0 aliphatic carbocycles. The Hall–Kier alpha value is -1.87. The maximum atomic E-state index is 12.3. The first-order valence-corrected chi connectivity index (χ1v) is 8.76. The number of hydrogen-bond acceptors (Lipinski definition) is 7. The van der Waals surface area contributed by atoms with Gasteiger partial charge in [0, 0.05) is 38.1 Å². The Bertz CT molecular complexity index is 627. The lowest BCUT2D eigenvalue weighted by molar-refractivity contribution is -0.131. The Labute approximate surface area is 139 Å². The van der Waals surface area contributed by atoms with E-state index in [-0.39, 0.29) is 12.5 Å². The van der Waals surface area contributed by atoms with E-state index in [2.05, 4.69) is 37.7 Å². The van der Waals surface area contributed by atoms with Crippen LogP contribution in [0.25, 0.3) is 0 Å². The average Bonchev–Trinajstić information content (AvgIpc) is 3.16. The van der Waals surface area contributed by atoms with Gasteiger partial charge in [-0.2, -0.15) is 0 Å². The zero-order valence-electron chi connectivity index (χ0n) is 13.3. The second-order valence-electron chi connectivity index (χ2n) is 5.60. The first kappa shape index (κ1) is 16.0. The zero-order chi connectivity index (χ0) is 16.1. The molecular weight excluding hydrogens is 314 g/mol. The summed E-state index contributed by atoms with van der Waals surface area (Å²) in [6.07, 6.45) is 3.44. The van der Waals surface area contributed by atoms with Gasteiger partial charge in [-0.3, -0.25) is 9.69 Å². The second kappa shape index (κ2) is 7.60. The van der Waals surface area contributed by atoms with E-state index in [9.17, 15) is 4.79 Å². The van der Waals surface area contributed by atoms with Crippen LogP contribution >= 0.6 is 11.3 Å². The summed E-state index contributed by atoms with van der Waals surface area (Å²) in [4.78, 5) is 21.2. The highest BCUT2D eigenvalue weighted by Gasteiger charge is 2.20. The van der Waals surface area contributed by atoms with Gasteiger partial charge in [0.1, 0.15) is 12.9 Å². The fraction of sp³-hybridized carbons (Fsp3) is 0.643. The van der Waals surface area contributed by atoms with E-state index in [4.69, 9.17) is 0 Å². The number of amides is 1. The van der Waals surface area contributed by atoms with Gasteiger partial charge in [-0.15, -0.1) is 16.4 Å². The molecule has 1 saturated heterocycles. The van der Waals surface area contributed by atoms with Crippen LogP contribution in [0.1, 0.15) is 24.0 Å². The van der Waals surface area contributed by atoms with E-state index >= 15 is 0 Å². The molecule has 3 rings (SSSR count). The largest absolute Gasteiger partial charge is 0.340 e. The smallest absolute Gasteiger partial charge is 0.244 e. The summed E-state index contributed by atoms with van der Waals surface area (Å²) in [7, 11) is 0. The van der Waals surface area contributed by atoms with E-state index in [1.807, 2.05) is 4.90 Å². The van der Waals surface area contributed by atoms with Gasteiger partial charge in [0.2, 0.25) is 5.91 Å². The molecule has 2 aromatic heterocycles. The Morgan fingerprint density at radius 3 is 2.96 bits per heavy atom. The molecule has 0 saturated carbocycles. The van der Waals surface area contributed by atoms with Crippen LogP contribution in [0.2, 0.25) is 0 Å². The molecule has 1 amide bonds. The number of carbonyl (C=O) groups excluding carboxylic acids is 1. The Kier molecular flexibility index (Phi) is 5.29. The van der Waals surface area contributed by atoms with E-state index in [0.717, 1.165) is 51.3 Å². The molecule has 23 heavy (non-hydrogen) atoms. The molecule has 2 aromatic rings. The molecule has 1 aliphatic heterocycles. The number of hydrogen-bond donors (Lipinski definition) is 0. The lowest BCUT2D eigenvalue weighted by Gasteiger charge is -2.21. The summed E-state index contributed by atoms with van der Waals surface area (Å²) in [5.74, 6) is 0.0704. The van der Waals surface area contributed by atoms with Crippen molar-refractivity contribution in [1.29, 1.82) is 0 Å². The molecule has 0 bridgehead atoms. The number of tetrazole rings is 1. The van der Waals surface area contributed by atoms with Crippen molar-refractivity contribution in [3.63, 3.8) is 0 Å². The Morgan fingerprint density at radius 2 is 2.22 bits per heavy atom. The van der Waals surface area contributed by atoms with Gasteiger partial charge in [0.15, 0.2) is 0 Å². The lowest BCUT2D eigenvalue weighted by Crippen LogP contribution is -2.37. The molecule has 8 nitrogen and oxygen atoms in total. The van der Waals surface area contributed by atoms with Gasteiger partial charge >= 0.3 is 0 Å². The third kappa shape index (κ3) is 4.32. The minimum atomic E-state index is 0.0704. The van der Waals surface area contributed by atoms with Gasteiger partial charge in [-0.05, 0) is 23.3 Å². The molecule has 0 N–H and O–H groups in total. The molecule has 0 radical (unpaired) electrons. The maximum absolute atomic E-state index is 12.3. The predicted molar refractivity (Wildman–Crippen MR) is 85.8 cm³/mol. The molecule has 0 spiro atoms. The zero-order valence-corrected chi connectivity index (χ0v) is 14.1. The molecule has 0 unspecified atom stereocenters. The third-order valence-corrected chi connectivity index (χ3v) is 4.96. The van der Waals surface area contributed by atoms with Crippen LogP contribution in [0.15, 0.2) is 11.7 Å². The predicted octanol–water partition coefficient (Wildman–Crippen LogP) is 0.426. The van der Waals surface area contributed by atoms with Gasteiger partial charge in [-0.25, -0.2) is 9.67 Å². The maximum Gasteiger partial charge on any atom is 0.244 e. The minimum Gasteiger partial charge on any atom is -0.340 e. The van der Waals surface area contributed by atoms with E-state index < -0.39 is 0 Å².